The van der Waals surface area contributed by atoms with Gasteiger partial charge in [0.15, 0.2) is 0 Å². The molecule has 1 atom stereocenters. The Labute approximate surface area is 103 Å². The monoisotopic (exact) mass is 240 g/mol. The van der Waals surface area contributed by atoms with Crippen LogP contribution in [-0.2, 0) is 9.53 Å². The lowest BCUT2D eigenvalue weighted by molar-refractivity contribution is -0.120. The SMILES string of the molecule is O=C(CNCCC1CCOC1)NC1CCCC1. The Balaban J connectivity index is 1.47. The molecule has 1 aliphatic heterocycles. The molecule has 2 N–H and O–H groups in total. The van der Waals surface area contributed by atoms with E-state index in [4.69, 9.17) is 4.74 Å². The predicted octanol–water partition coefficient (Wildman–Crippen LogP) is 1.06. The van der Waals surface area contributed by atoms with Crippen LogP contribution >= 0.6 is 0 Å². The maximum Gasteiger partial charge on any atom is 0.234 e. The Kier molecular flexibility index (Phi) is 5.26. The fourth-order valence-electron chi connectivity index (χ4n) is 2.67. The van der Waals surface area contributed by atoms with Gasteiger partial charge in [0.25, 0.3) is 0 Å². The molecule has 0 aromatic carbocycles. The zero-order valence-corrected chi connectivity index (χ0v) is 10.5. The molecule has 0 bridgehead atoms. The van der Waals surface area contributed by atoms with Gasteiger partial charge in [-0.15, -0.1) is 0 Å². The summed E-state index contributed by atoms with van der Waals surface area (Å²) in [7, 11) is 0. The summed E-state index contributed by atoms with van der Waals surface area (Å²) in [5.41, 5.74) is 0. The number of carbonyl (C=O) groups excluding carboxylic acids is 1. The van der Waals surface area contributed by atoms with Crippen LogP contribution in [0.25, 0.3) is 0 Å². The van der Waals surface area contributed by atoms with Gasteiger partial charge in [0.1, 0.15) is 0 Å². The van der Waals surface area contributed by atoms with Gasteiger partial charge >= 0.3 is 0 Å². The third-order valence-electron chi connectivity index (χ3n) is 3.76. The van der Waals surface area contributed by atoms with E-state index in [-0.39, 0.29) is 5.91 Å². The highest BCUT2D eigenvalue weighted by molar-refractivity contribution is 5.78. The fraction of sp³-hybridized carbons (Fsp3) is 0.923. The normalized spacial score (nSPS) is 25.3. The molecule has 1 unspecified atom stereocenters. The molecule has 1 saturated carbocycles. The molecule has 4 nitrogen and oxygen atoms in total. The number of rotatable bonds is 6. The lowest BCUT2D eigenvalue weighted by Gasteiger charge is -2.13. The minimum atomic E-state index is 0.152. The van der Waals surface area contributed by atoms with Crippen LogP contribution in [0.3, 0.4) is 0 Å². The van der Waals surface area contributed by atoms with Gasteiger partial charge in [0, 0.05) is 19.3 Å². The summed E-state index contributed by atoms with van der Waals surface area (Å²) >= 11 is 0. The summed E-state index contributed by atoms with van der Waals surface area (Å²) in [6.07, 6.45) is 7.14. The van der Waals surface area contributed by atoms with Crippen molar-refractivity contribution in [1.29, 1.82) is 0 Å². The van der Waals surface area contributed by atoms with Crippen molar-refractivity contribution in [3.63, 3.8) is 0 Å². The van der Waals surface area contributed by atoms with Crippen LogP contribution in [0.4, 0.5) is 0 Å². The molecule has 2 fully saturated rings. The molecule has 2 rings (SSSR count). The maximum absolute atomic E-state index is 11.6. The highest BCUT2D eigenvalue weighted by atomic mass is 16.5. The van der Waals surface area contributed by atoms with Crippen molar-refractivity contribution in [1.82, 2.24) is 10.6 Å². The molecule has 2 aliphatic rings. The second kappa shape index (κ2) is 6.97. The van der Waals surface area contributed by atoms with E-state index in [2.05, 4.69) is 10.6 Å². The summed E-state index contributed by atoms with van der Waals surface area (Å²) < 4.78 is 5.32. The number of amides is 1. The van der Waals surface area contributed by atoms with Crippen molar-refractivity contribution in [2.45, 2.75) is 44.6 Å². The molecule has 1 amide bonds. The highest BCUT2D eigenvalue weighted by Gasteiger charge is 2.17. The smallest absolute Gasteiger partial charge is 0.234 e. The molecule has 0 spiro atoms. The number of hydrogen-bond acceptors (Lipinski definition) is 3. The lowest BCUT2D eigenvalue weighted by atomic mass is 10.1. The van der Waals surface area contributed by atoms with Crippen LogP contribution in [0.5, 0.6) is 0 Å². The van der Waals surface area contributed by atoms with Gasteiger partial charge in [-0.1, -0.05) is 12.8 Å². The van der Waals surface area contributed by atoms with E-state index in [0.717, 1.165) is 39.0 Å². The minimum Gasteiger partial charge on any atom is -0.381 e. The molecule has 1 heterocycles. The van der Waals surface area contributed by atoms with Crippen LogP contribution in [0.15, 0.2) is 0 Å². The molecule has 98 valence electrons. The third-order valence-corrected chi connectivity index (χ3v) is 3.76. The van der Waals surface area contributed by atoms with Crippen LogP contribution in [0, 0.1) is 5.92 Å². The first-order chi connectivity index (χ1) is 8.34. The standard InChI is InChI=1S/C13H24N2O2/c16-13(15-12-3-1-2-4-12)9-14-7-5-11-6-8-17-10-11/h11-12,14H,1-10H2,(H,15,16). The molecule has 4 heteroatoms. The van der Waals surface area contributed by atoms with E-state index in [9.17, 15) is 4.79 Å². The van der Waals surface area contributed by atoms with Crippen LogP contribution in [0.2, 0.25) is 0 Å². The molecule has 0 radical (unpaired) electrons. The van der Waals surface area contributed by atoms with Crippen LogP contribution in [0.1, 0.15) is 38.5 Å². The van der Waals surface area contributed by atoms with E-state index in [1.807, 2.05) is 0 Å². The average Bonchev–Trinajstić information content (AvgIpc) is 2.96. The van der Waals surface area contributed by atoms with Crippen LogP contribution in [-0.4, -0.2) is 38.3 Å². The van der Waals surface area contributed by atoms with Crippen molar-refractivity contribution in [3.8, 4) is 0 Å². The third kappa shape index (κ3) is 4.64. The van der Waals surface area contributed by atoms with Crippen LogP contribution < -0.4 is 10.6 Å². The molecule has 1 aliphatic carbocycles. The van der Waals surface area contributed by atoms with Crippen molar-refractivity contribution >= 4 is 5.91 Å². The quantitative estimate of drug-likeness (QED) is 0.683. The molecule has 0 aromatic heterocycles. The Morgan fingerprint density at radius 2 is 2.06 bits per heavy atom. The number of carbonyl (C=O) groups is 1. The Morgan fingerprint density at radius 3 is 2.76 bits per heavy atom. The first-order valence-electron chi connectivity index (χ1n) is 6.92. The summed E-state index contributed by atoms with van der Waals surface area (Å²) in [6.45, 7) is 3.19. The first-order valence-corrected chi connectivity index (χ1v) is 6.92. The number of ether oxygens (including phenoxy) is 1. The zero-order chi connectivity index (χ0) is 11.9. The Morgan fingerprint density at radius 1 is 1.24 bits per heavy atom. The molecule has 0 aromatic rings. The summed E-state index contributed by atoms with van der Waals surface area (Å²) in [4.78, 5) is 11.6. The molecule has 1 saturated heterocycles. The van der Waals surface area contributed by atoms with Gasteiger partial charge in [-0.25, -0.2) is 0 Å². The lowest BCUT2D eigenvalue weighted by Crippen LogP contribution is -2.39. The van der Waals surface area contributed by atoms with Crippen molar-refractivity contribution in [2.75, 3.05) is 26.3 Å². The van der Waals surface area contributed by atoms with E-state index in [0.29, 0.717) is 18.5 Å². The van der Waals surface area contributed by atoms with E-state index in [1.165, 1.54) is 19.3 Å². The second-order valence-corrected chi connectivity index (χ2v) is 5.24. The van der Waals surface area contributed by atoms with Gasteiger partial charge in [-0.05, 0) is 38.1 Å². The van der Waals surface area contributed by atoms with Crippen molar-refractivity contribution < 1.29 is 9.53 Å². The van der Waals surface area contributed by atoms with Gasteiger partial charge in [-0.3, -0.25) is 4.79 Å². The largest absolute Gasteiger partial charge is 0.381 e. The molecular weight excluding hydrogens is 216 g/mol. The number of nitrogens with one attached hydrogen (secondary N) is 2. The number of hydrogen-bond donors (Lipinski definition) is 2. The average molecular weight is 240 g/mol. The highest BCUT2D eigenvalue weighted by Crippen LogP contribution is 2.17. The van der Waals surface area contributed by atoms with Gasteiger partial charge < -0.3 is 15.4 Å². The zero-order valence-electron chi connectivity index (χ0n) is 10.5. The van der Waals surface area contributed by atoms with E-state index in [1.54, 1.807) is 0 Å². The fourth-order valence-corrected chi connectivity index (χ4v) is 2.67. The summed E-state index contributed by atoms with van der Waals surface area (Å²) in [5, 5.41) is 6.30. The first kappa shape index (κ1) is 12.8. The second-order valence-electron chi connectivity index (χ2n) is 5.24. The summed E-state index contributed by atoms with van der Waals surface area (Å²) in [5.74, 6) is 0.847. The summed E-state index contributed by atoms with van der Waals surface area (Å²) in [6, 6.07) is 0.438. The Hall–Kier alpha value is -0.610. The van der Waals surface area contributed by atoms with E-state index >= 15 is 0 Å². The van der Waals surface area contributed by atoms with Crippen molar-refractivity contribution in [2.24, 2.45) is 5.92 Å². The van der Waals surface area contributed by atoms with Gasteiger partial charge in [0.05, 0.1) is 6.54 Å². The van der Waals surface area contributed by atoms with Gasteiger partial charge in [0.2, 0.25) is 5.91 Å². The minimum absolute atomic E-state index is 0.152. The van der Waals surface area contributed by atoms with Gasteiger partial charge in [-0.2, -0.15) is 0 Å². The van der Waals surface area contributed by atoms with Crippen molar-refractivity contribution in [3.05, 3.63) is 0 Å². The van der Waals surface area contributed by atoms with E-state index < -0.39 is 0 Å². The predicted molar refractivity (Wildman–Crippen MR) is 66.8 cm³/mol. The topological polar surface area (TPSA) is 50.4 Å². The molecule has 17 heavy (non-hydrogen) atoms. The maximum atomic E-state index is 11.6. The molecular formula is C13H24N2O2. The Bertz CT molecular complexity index is 234.